The molecule has 0 saturated carbocycles. The van der Waals surface area contributed by atoms with Crippen molar-refractivity contribution in [1.82, 2.24) is 4.90 Å². The average Bonchev–Trinajstić information content (AvgIpc) is 2.63. The minimum Gasteiger partial charge on any atom is -0.399 e. The van der Waals surface area contributed by atoms with Crippen molar-refractivity contribution in [3.8, 4) is 0 Å². The SMILES string of the molecule is CN1C2CCC1CN(c1ccc(N)cc1C(F)(F)F)CC2. The summed E-state index contributed by atoms with van der Waals surface area (Å²) < 4.78 is 39.8. The molecule has 2 N–H and O–H groups in total. The zero-order chi connectivity index (χ0) is 15.2. The number of nitrogens with zero attached hydrogens (tertiary/aromatic N) is 2. The fourth-order valence-electron chi connectivity index (χ4n) is 3.58. The van der Waals surface area contributed by atoms with Crippen LogP contribution >= 0.6 is 0 Å². The van der Waals surface area contributed by atoms with Gasteiger partial charge in [-0.2, -0.15) is 13.2 Å². The van der Waals surface area contributed by atoms with Gasteiger partial charge in [-0.25, -0.2) is 0 Å². The lowest BCUT2D eigenvalue weighted by Crippen LogP contribution is -2.37. The van der Waals surface area contributed by atoms with Crippen molar-refractivity contribution < 1.29 is 13.2 Å². The third-order valence-electron chi connectivity index (χ3n) is 4.82. The van der Waals surface area contributed by atoms with Gasteiger partial charge in [-0.1, -0.05) is 0 Å². The molecule has 0 amide bonds. The molecule has 2 heterocycles. The second-order valence-electron chi connectivity index (χ2n) is 6.06. The van der Waals surface area contributed by atoms with Crippen LogP contribution in [0.3, 0.4) is 0 Å². The molecule has 3 rings (SSSR count). The standard InChI is InChI=1S/C15H20F3N3/c1-20-11-3-4-12(20)9-21(7-6-11)14-5-2-10(19)8-13(14)15(16,17)18/h2,5,8,11-12H,3-4,6-7,9,19H2,1H3. The fourth-order valence-corrected chi connectivity index (χ4v) is 3.58. The van der Waals surface area contributed by atoms with E-state index < -0.39 is 11.7 Å². The molecule has 0 spiro atoms. The molecule has 21 heavy (non-hydrogen) atoms. The number of halogens is 3. The summed E-state index contributed by atoms with van der Waals surface area (Å²) in [5.74, 6) is 0. The molecule has 2 saturated heterocycles. The Hall–Kier alpha value is -1.43. The van der Waals surface area contributed by atoms with Gasteiger partial charge in [0.25, 0.3) is 0 Å². The van der Waals surface area contributed by atoms with Crippen LogP contribution in [-0.2, 0) is 6.18 Å². The molecule has 3 nitrogen and oxygen atoms in total. The lowest BCUT2D eigenvalue weighted by atomic mass is 10.1. The minimum atomic E-state index is -4.37. The lowest BCUT2D eigenvalue weighted by molar-refractivity contribution is -0.137. The Labute approximate surface area is 122 Å². The number of hydrogen-bond donors (Lipinski definition) is 1. The first-order chi connectivity index (χ1) is 9.86. The van der Waals surface area contributed by atoms with Crippen molar-refractivity contribution in [3.63, 3.8) is 0 Å². The predicted molar refractivity (Wildman–Crippen MR) is 77.3 cm³/mol. The van der Waals surface area contributed by atoms with Crippen LogP contribution in [-0.4, -0.2) is 37.1 Å². The number of likely N-dealkylation sites (N-methyl/N-ethyl adjacent to an activating group) is 1. The highest BCUT2D eigenvalue weighted by molar-refractivity contribution is 5.61. The number of alkyl halides is 3. The summed E-state index contributed by atoms with van der Waals surface area (Å²) in [4.78, 5) is 4.20. The van der Waals surface area contributed by atoms with Gasteiger partial charge in [0.05, 0.1) is 5.56 Å². The van der Waals surface area contributed by atoms with Crippen LogP contribution in [0.15, 0.2) is 18.2 Å². The Morgan fingerprint density at radius 3 is 2.57 bits per heavy atom. The van der Waals surface area contributed by atoms with Crippen LogP contribution in [0.5, 0.6) is 0 Å². The van der Waals surface area contributed by atoms with Crippen LogP contribution in [0.4, 0.5) is 24.5 Å². The molecule has 2 aliphatic heterocycles. The Morgan fingerprint density at radius 1 is 1.14 bits per heavy atom. The van der Waals surface area contributed by atoms with Gasteiger partial charge >= 0.3 is 6.18 Å². The van der Waals surface area contributed by atoms with E-state index in [0.29, 0.717) is 25.2 Å². The first kappa shape index (κ1) is 14.5. The van der Waals surface area contributed by atoms with Gasteiger partial charge in [0.2, 0.25) is 0 Å². The summed E-state index contributed by atoms with van der Waals surface area (Å²) in [6, 6.07) is 4.95. The first-order valence-corrected chi connectivity index (χ1v) is 7.30. The maximum Gasteiger partial charge on any atom is 0.418 e. The normalized spacial score (nSPS) is 27.0. The molecular formula is C15H20F3N3. The molecule has 116 valence electrons. The van der Waals surface area contributed by atoms with Crippen LogP contribution in [0, 0.1) is 0 Å². The molecular weight excluding hydrogens is 279 g/mol. The summed E-state index contributed by atoms with van der Waals surface area (Å²) in [6.07, 6.45) is -1.24. The molecule has 2 fully saturated rings. The van der Waals surface area contributed by atoms with Crippen molar-refractivity contribution >= 4 is 11.4 Å². The zero-order valence-electron chi connectivity index (χ0n) is 12.0. The summed E-state index contributed by atoms with van der Waals surface area (Å²) in [5, 5.41) is 0. The molecule has 2 atom stereocenters. The second-order valence-corrected chi connectivity index (χ2v) is 6.06. The van der Waals surface area contributed by atoms with E-state index in [0.717, 1.165) is 25.3 Å². The molecule has 0 radical (unpaired) electrons. The van der Waals surface area contributed by atoms with Crippen molar-refractivity contribution in [2.24, 2.45) is 0 Å². The number of fused-ring (bicyclic) bond motifs is 2. The Morgan fingerprint density at radius 2 is 1.86 bits per heavy atom. The Balaban J connectivity index is 1.94. The van der Waals surface area contributed by atoms with Crippen LogP contribution in [0.2, 0.25) is 0 Å². The topological polar surface area (TPSA) is 32.5 Å². The minimum absolute atomic E-state index is 0.152. The highest BCUT2D eigenvalue weighted by Gasteiger charge is 2.39. The Bertz CT molecular complexity index is 529. The summed E-state index contributed by atoms with van der Waals surface area (Å²) in [5.41, 5.74) is 5.33. The zero-order valence-corrected chi connectivity index (χ0v) is 12.0. The lowest BCUT2D eigenvalue weighted by Gasteiger charge is -2.30. The van der Waals surface area contributed by atoms with Crippen LogP contribution < -0.4 is 10.6 Å². The van der Waals surface area contributed by atoms with Crippen molar-refractivity contribution in [2.75, 3.05) is 30.8 Å². The fraction of sp³-hybridized carbons (Fsp3) is 0.600. The van der Waals surface area contributed by atoms with Gasteiger partial charge in [0.1, 0.15) is 0 Å². The smallest absolute Gasteiger partial charge is 0.399 e. The van der Waals surface area contributed by atoms with E-state index in [4.69, 9.17) is 5.73 Å². The van der Waals surface area contributed by atoms with Crippen LogP contribution in [0.25, 0.3) is 0 Å². The molecule has 0 aromatic heterocycles. The van der Waals surface area contributed by atoms with E-state index in [-0.39, 0.29) is 11.4 Å². The van der Waals surface area contributed by atoms with E-state index >= 15 is 0 Å². The molecule has 1 aromatic carbocycles. The van der Waals surface area contributed by atoms with Gasteiger partial charge in [0, 0.05) is 36.5 Å². The maximum atomic E-state index is 13.3. The molecule has 2 aliphatic rings. The van der Waals surface area contributed by atoms with Gasteiger partial charge in [0.15, 0.2) is 0 Å². The molecule has 1 aromatic rings. The van der Waals surface area contributed by atoms with E-state index in [1.54, 1.807) is 6.07 Å². The molecule has 6 heteroatoms. The number of nitrogen functional groups attached to an aromatic ring is 1. The predicted octanol–water partition coefficient (Wildman–Crippen LogP) is 2.96. The third-order valence-corrected chi connectivity index (χ3v) is 4.82. The number of nitrogens with two attached hydrogens (primary N) is 1. The number of benzene rings is 1. The average molecular weight is 299 g/mol. The third kappa shape index (κ3) is 2.69. The number of rotatable bonds is 1. The van der Waals surface area contributed by atoms with Gasteiger partial charge in [-0.05, 0) is 44.5 Å². The van der Waals surface area contributed by atoms with Gasteiger partial charge in [-0.15, -0.1) is 0 Å². The van der Waals surface area contributed by atoms with E-state index in [9.17, 15) is 13.2 Å². The largest absolute Gasteiger partial charge is 0.418 e. The maximum absolute atomic E-state index is 13.3. The molecule has 2 unspecified atom stereocenters. The van der Waals surface area contributed by atoms with Crippen molar-refractivity contribution in [1.29, 1.82) is 0 Å². The van der Waals surface area contributed by atoms with Crippen molar-refractivity contribution in [3.05, 3.63) is 23.8 Å². The summed E-state index contributed by atoms with van der Waals surface area (Å²) >= 11 is 0. The van der Waals surface area contributed by atoms with Gasteiger partial charge in [-0.3, -0.25) is 4.90 Å². The highest BCUT2D eigenvalue weighted by Crippen LogP contribution is 2.39. The quantitative estimate of drug-likeness (QED) is 0.809. The first-order valence-electron chi connectivity index (χ1n) is 7.30. The van der Waals surface area contributed by atoms with E-state index in [2.05, 4.69) is 11.9 Å². The number of hydrogen-bond acceptors (Lipinski definition) is 3. The van der Waals surface area contributed by atoms with Crippen LogP contribution in [0.1, 0.15) is 24.8 Å². The second kappa shape index (κ2) is 5.09. The van der Waals surface area contributed by atoms with Gasteiger partial charge < -0.3 is 10.6 Å². The molecule has 0 aliphatic carbocycles. The monoisotopic (exact) mass is 299 g/mol. The highest BCUT2D eigenvalue weighted by atomic mass is 19.4. The number of anilines is 2. The van der Waals surface area contributed by atoms with E-state index in [1.807, 2.05) is 4.90 Å². The summed E-state index contributed by atoms with van der Waals surface area (Å²) in [7, 11) is 2.08. The van der Waals surface area contributed by atoms with E-state index in [1.165, 1.54) is 6.07 Å². The van der Waals surface area contributed by atoms with Crippen molar-refractivity contribution in [2.45, 2.75) is 37.5 Å². The summed E-state index contributed by atoms with van der Waals surface area (Å²) in [6.45, 7) is 1.32. The molecule has 2 bridgehead atoms. The Kier molecular flexibility index (Phi) is 3.51.